The SMILES string of the molecule is c1ccc2c(c1)c1ccccc1n2-c1cc2cnc3cc(-n4c5ccccc5c5ccccc54)cc4cnc(c1)c2c43. The number of hydrogen-bond acceptors (Lipinski definition) is 2. The van der Waals surface area contributed by atoms with Crippen LogP contribution in [0.2, 0.25) is 0 Å². The molecule has 0 N–H and O–H groups in total. The number of hydrogen-bond donors (Lipinski definition) is 0. The smallest absolute Gasteiger partial charge is 0.0736 e. The number of para-hydroxylation sites is 4. The average Bonchev–Trinajstić information content (AvgIpc) is 3.56. The van der Waals surface area contributed by atoms with Crippen molar-refractivity contribution in [2.45, 2.75) is 0 Å². The third-order valence-corrected chi connectivity index (χ3v) is 8.88. The van der Waals surface area contributed by atoms with Gasteiger partial charge in [0.15, 0.2) is 0 Å². The van der Waals surface area contributed by atoms with Crippen LogP contribution < -0.4 is 0 Å². The molecule has 4 heterocycles. The zero-order chi connectivity index (χ0) is 27.4. The van der Waals surface area contributed by atoms with Crippen LogP contribution in [0.5, 0.6) is 0 Å². The summed E-state index contributed by atoms with van der Waals surface area (Å²) in [5, 5.41) is 9.53. The van der Waals surface area contributed by atoms with Crippen LogP contribution in [0.15, 0.2) is 134 Å². The van der Waals surface area contributed by atoms with Crippen LogP contribution in [0.1, 0.15) is 0 Å². The van der Waals surface area contributed by atoms with Gasteiger partial charge in [-0.05, 0) is 48.5 Å². The molecule has 10 aromatic rings. The van der Waals surface area contributed by atoms with Crippen molar-refractivity contribution < 1.29 is 0 Å². The number of rotatable bonds is 2. The van der Waals surface area contributed by atoms with Crippen molar-refractivity contribution >= 4 is 76.2 Å². The van der Waals surface area contributed by atoms with Gasteiger partial charge in [-0.1, -0.05) is 72.8 Å². The Hall–Kier alpha value is -5.74. The topological polar surface area (TPSA) is 35.6 Å². The van der Waals surface area contributed by atoms with Crippen LogP contribution in [-0.4, -0.2) is 19.1 Å². The molecule has 10 rings (SSSR count). The van der Waals surface area contributed by atoms with Gasteiger partial charge in [-0.3, -0.25) is 9.97 Å². The van der Waals surface area contributed by atoms with Crippen LogP contribution >= 0.6 is 0 Å². The Morgan fingerprint density at radius 3 is 1.07 bits per heavy atom. The Labute approximate surface area is 240 Å². The van der Waals surface area contributed by atoms with E-state index in [1.807, 2.05) is 12.4 Å². The monoisotopic (exact) mass is 534 g/mol. The molecule has 4 nitrogen and oxygen atoms in total. The highest BCUT2D eigenvalue weighted by Crippen LogP contribution is 2.39. The molecule has 0 atom stereocenters. The molecule has 0 spiro atoms. The molecule has 42 heavy (non-hydrogen) atoms. The third-order valence-electron chi connectivity index (χ3n) is 8.88. The van der Waals surface area contributed by atoms with Crippen molar-refractivity contribution in [1.29, 1.82) is 0 Å². The van der Waals surface area contributed by atoms with Gasteiger partial charge in [0, 0.05) is 66.9 Å². The van der Waals surface area contributed by atoms with Gasteiger partial charge in [0.25, 0.3) is 0 Å². The zero-order valence-electron chi connectivity index (χ0n) is 22.5. The lowest BCUT2D eigenvalue weighted by Gasteiger charge is -2.15. The number of nitrogens with zero attached hydrogens (tertiary/aromatic N) is 4. The summed E-state index contributed by atoms with van der Waals surface area (Å²) in [6.07, 6.45) is 4.03. The minimum absolute atomic E-state index is 0.980. The summed E-state index contributed by atoms with van der Waals surface area (Å²) in [6, 6.07) is 43.4. The minimum atomic E-state index is 0.980. The van der Waals surface area contributed by atoms with Crippen LogP contribution in [0, 0.1) is 0 Å². The summed E-state index contributed by atoms with van der Waals surface area (Å²) in [7, 11) is 0. The van der Waals surface area contributed by atoms with Gasteiger partial charge in [-0.25, -0.2) is 0 Å². The molecular weight excluding hydrogens is 512 g/mol. The van der Waals surface area contributed by atoms with E-state index in [1.165, 1.54) is 43.6 Å². The fraction of sp³-hybridized carbons (Fsp3) is 0. The quantitative estimate of drug-likeness (QED) is 0.207. The van der Waals surface area contributed by atoms with E-state index in [-0.39, 0.29) is 0 Å². The number of aromatic nitrogens is 4. The molecule has 0 saturated heterocycles. The average molecular weight is 535 g/mol. The van der Waals surface area contributed by atoms with Crippen LogP contribution in [0.4, 0.5) is 0 Å². The first-order valence-corrected chi connectivity index (χ1v) is 14.3. The molecule has 4 aromatic heterocycles. The molecule has 6 aromatic carbocycles. The molecule has 0 saturated carbocycles. The number of benzene rings is 6. The van der Waals surface area contributed by atoms with E-state index >= 15 is 0 Å². The Kier molecular flexibility index (Phi) is 4.15. The molecule has 0 radical (unpaired) electrons. The van der Waals surface area contributed by atoms with Gasteiger partial charge < -0.3 is 9.13 Å². The Morgan fingerprint density at radius 1 is 0.381 bits per heavy atom. The predicted molar refractivity (Wildman–Crippen MR) is 174 cm³/mol. The first-order chi connectivity index (χ1) is 20.8. The number of fused-ring (bicyclic) bond motifs is 6. The van der Waals surface area contributed by atoms with E-state index in [0.29, 0.717) is 0 Å². The van der Waals surface area contributed by atoms with Crippen molar-refractivity contribution in [2.75, 3.05) is 0 Å². The summed E-state index contributed by atoms with van der Waals surface area (Å²) >= 11 is 0. The lowest BCUT2D eigenvalue weighted by atomic mass is 10.00. The molecule has 0 bridgehead atoms. The lowest BCUT2D eigenvalue weighted by Crippen LogP contribution is -1.98. The Bertz CT molecular complexity index is 2330. The van der Waals surface area contributed by atoms with Crippen molar-refractivity contribution in [3.8, 4) is 11.4 Å². The summed E-state index contributed by atoms with van der Waals surface area (Å²) in [4.78, 5) is 10.1. The van der Waals surface area contributed by atoms with Gasteiger partial charge in [0.2, 0.25) is 0 Å². The van der Waals surface area contributed by atoms with E-state index in [2.05, 4.69) is 130 Å². The fourth-order valence-electron chi connectivity index (χ4n) is 7.16. The van der Waals surface area contributed by atoms with Crippen molar-refractivity contribution in [3.63, 3.8) is 0 Å². The predicted octanol–water partition coefficient (Wildman–Crippen LogP) is 9.57. The zero-order valence-corrected chi connectivity index (χ0v) is 22.5. The van der Waals surface area contributed by atoms with Gasteiger partial charge in [-0.15, -0.1) is 0 Å². The summed E-state index contributed by atoms with van der Waals surface area (Å²) in [5.41, 5.74) is 8.91. The van der Waals surface area contributed by atoms with E-state index in [1.54, 1.807) is 0 Å². The Balaban J connectivity index is 1.25. The van der Waals surface area contributed by atoms with Crippen molar-refractivity contribution in [2.24, 2.45) is 0 Å². The van der Waals surface area contributed by atoms with Crippen LogP contribution in [0.25, 0.3) is 87.6 Å². The second kappa shape index (κ2) is 7.93. The van der Waals surface area contributed by atoms with Gasteiger partial charge in [-0.2, -0.15) is 0 Å². The molecule has 0 fully saturated rings. The van der Waals surface area contributed by atoms with Crippen LogP contribution in [0.3, 0.4) is 0 Å². The Morgan fingerprint density at radius 2 is 0.714 bits per heavy atom. The van der Waals surface area contributed by atoms with E-state index < -0.39 is 0 Å². The largest absolute Gasteiger partial charge is 0.309 e. The third kappa shape index (κ3) is 2.80. The summed E-state index contributed by atoms with van der Waals surface area (Å²) < 4.78 is 4.70. The summed E-state index contributed by atoms with van der Waals surface area (Å²) in [6.45, 7) is 0. The molecular formula is C38H22N4. The molecule has 4 heteroatoms. The first-order valence-electron chi connectivity index (χ1n) is 14.3. The maximum absolute atomic E-state index is 5.04. The van der Waals surface area contributed by atoms with E-state index in [4.69, 9.17) is 9.97 Å². The molecule has 0 aliphatic rings. The van der Waals surface area contributed by atoms with E-state index in [0.717, 1.165) is 44.0 Å². The fourth-order valence-corrected chi connectivity index (χ4v) is 7.16. The van der Waals surface area contributed by atoms with Gasteiger partial charge >= 0.3 is 0 Å². The number of pyridine rings is 2. The standard InChI is InChI=1S/C38H22N4/c1-5-13-33-27(9-1)28-10-2-6-14-34(28)41(33)25-17-23-21-40-32-20-26(18-24-22-39-31(19-25)37(23)38(24)32)42-35-15-7-3-11-29(35)30-12-4-8-16-36(30)42/h1-22H. The molecule has 0 aliphatic heterocycles. The lowest BCUT2D eigenvalue weighted by molar-refractivity contribution is 1.18. The molecule has 0 aliphatic carbocycles. The van der Waals surface area contributed by atoms with Gasteiger partial charge in [0.05, 0.1) is 33.1 Å². The highest BCUT2D eigenvalue weighted by atomic mass is 15.0. The highest BCUT2D eigenvalue weighted by molar-refractivity contribution is 6.22. The minimum Gasteiger partial charge on any atom is -0.309 e. The molecule has 0 amide bonds. The maximum Gasteiger partial charge on any atom is 0.0736 e. The second-order valence-electron chi connectivity index (χ2n) is 11.1. The normalized spacial score (nSPS) is 12.3. The molecule has 194 valence electrons. The van der Waals surface area contributed by atoms with Crippen LogP contribution in [-0.2, 0) is 0 Å². The highest BCUT2D eigenvalue weighted by Gasteiger charge is 2.18. The van der Waals surface area contributed by atoms with Crippen molar-refractivity contribution in [1.82, 2.24) is 19.1 Å². The molecule has 0 unspecified atom stereocenters. The maximum atomic E-state index is 5.04. The first kappa shape index (κ1) is 22.0. The summed E-state index contributed by atoms with van der Waals surface area (Å²) in [5.74, 6) is 0. The van der Waals surface area contributed by atoms with E-state index in [9.17, 15) is 0 Å². The van der Waals surface area contributed by atoms with Crippen molar-refractivity contribution in [3.05, 3.63) is 134 Å². The second-order valence-corrected chi connectivity index (χ2v) is 11.1. The van der Waals surface area contributed by atoms with Gasteiger partial charge in [0.1, 0.15) is 0 Å².